The third-order valence-corrected chi connectivity index (χ3v) is 10.6. The van der Waals surface area contributed by atoms with Gasteiger partial charge in [-0.05, 0) is 89.4 Å². The first-order chi connectivity index (χ1) is 24.7. The summed E-state index contributed by atoms with van der Waals surface area (Å²) in [7, 11) is -0.422. The molecule has 5 rings (SSSR count). The molecule has 2 atom stereocenters. The second-order valence-electron chi connectivity index (χ2n) is 14.1. The molecule has 0 spiro atoms. The van der Waals surface area contributed by atoms with E-state index in [0.717, 1.165) is 17.0 Å². The van der Waals surface area contributed by atoms with E-state index < -0.39 is 63.6 Å². The minimum atomic E-state index is -4.69. The van der Waals surface area contributed by atoms with E-state index in [9.17, 15) is 41.4 Å². The summed E-state index contributed by atoms with van der Waals surface area (Å²) >= 11 is 2.88. The van der Waals surface area contributed by atoms with Gasteiger partial charge in [-0.2, -0.15) is 13.2 Å². The number of rotatable bonds is 5. The Balaban J connectivity index is 1.33. The first-order valence-electron chi connectivity index (χ1n) is 16.7. The zero-order chi connectivity index (χ0) is 39.2. The van der Waals surface area contributed by atoms with E-state index in [2.05, 4.69) is 20.9 Å². The van der Waals surface area contributed by atoms with Gasteiger partial charge in [0, 0.05) is 59.5 Å². The number of hydrogen-bond acceptors (Lipinski definition) is 8. The number of amides is 4. The van der Waals surface area contributed by atoms with Crippen LogP contribution in [-0.4, -0.2) is 90.3 Å². The van der Waals surface area contributed by atoms with Gasteiger partial charge in [-0.25, -0.2) is 9.78 Å². The summed E-state index contributed by atoms with van der Waals surface area (Å²) < 4.78 is 59.9. The fourth-order valence-corrected chi connectivity index (χ4v) is 7.48. The average Bonchev–Trinajstić information content (AvgIpc) is 3.09. The number of imide groups is 1. The largest absolute Gasteiger partial charge is 0.444 e. The second kappa shape index (κ2) is 15.2. The fraction of sp³-hybridized carbons (Fsp3) is 0.444. The van der Waals surface area contributed by atoms with Gasteiger partial charge in [0.05, 0.1) is 34.3 Å². The molecular weight excluding hydrogens is 783 g/mol. The van der Waals surface area contributed by atoms with Crippen LogP contribution >= 0.6 is 15.9 Å². The number of hydrogen-bond donors (Lipinski definition) is 0. The molecule has 284 valence electrons. The maximum absolute atomic E-state index is 14.0. The van der Waals surface area contributed by atoms with Gasteiger partial charge in [0.25, 0.3) is 17.4 Å². The van der Waals surface area contributed by atoms with E-state index in [4.69, 9.17) is 4.74 Å². The lowest BCUT2D eigenvalue weighted by Crippen LogP contribution is -2.46. The predicted molar refractivity (Wildman–Crippen MR) is 192 cm³/mol. The summed E-state index contributed by atoms with van der Waals surface area (Å²) in [6.45, 7) is 7.42. The molecule has 2 aromatic carbocycles. The first-order valence-corrected chi connectivity index (χ1v) is 19.1. The smallest absolute Gasteiger partial charge is 0.417 e. The summed E-state index contributed by atoms with van der Waals surface area (Å²) in [4.78, 5) is 74.8. The van der Waals surface area contributed by atoms with Crippen molar-refractivity contribution >= 4 is 50.5 Å². The summed E-state index contributed by atoms with van der Waals surface area (Å²) in [5.74, 6) is -2.10. The lowest BCUT2D eigenvalue weighted by atomic mass is 9.95. The van der Waals surface area contributed by atoms with Crippen LogP contribution in [0.3, 0.4) is 0 Å². The molecule has 1 unspecified atom stereocenters. The molecule has 0 aliphatic carbocycles. The van der Waals surface area contributed by atoms with Crippen LogP contribution in [0, 0.1) is 5.92 Å². The van der Waals surface area contributed by atoms with E-state index in [1.54, 1.807) is 32.6 Å². The lowest BCUT2D eigenvalue weighted by Gasteiger charge is -2.34. The van der Waals surface area contributed by atoms with E-state index >= 15 is 0 Å². The zero-order valence-corrected chi connectivity index (χ0v) is 32.4. The number of fused-ring (bicyclic) bond motifs is 1. The molecular formula is C36H39BrF3N5O7S. The third kappa shape index (κ3) is 8.56. The Kier molecular flexibility index (Phi) is 11.4. The minimum absolute atomic E-state index is 0.0341. The van der Waals surface area contributed by atoms with Crippen LogP contribution in [0.2, 0.25) is 0 Å². The molecule has 0 bridgehead atoms. The number of benzene rings is 2. The fourth-order valence-electron chi connectivity index (χ4n) is 6.33. The number of carbonyl (C=O) groups is 4. The molecule has 0 saturated carbocycles. The van der Waals surface area contributed by atoms with Crippen molar-refractivity contribution in [3.63, 3.8) is 0 Å². The zero-order valence-electron chi connectivity index (χ0n) is 30.0. The number of halogens is 4. The SMILES string of the molecule is C[C@@H]1Cc2c(nc(S(C)=O)n(-c3ccc(C(=O)N(C)C(=O)C4CCN(C(=O)OC(C)(C)C)CC4)cc3)c2=O)CN1C(=O)c1ccc(Br)c(C(F)(F)F)c1. The number of ether oxygens (including phenoxy) is 1. The molecule has 2 aliphatic rings. The van der Waals surface area contributed by atoms with Crippen LogP contribution in [0.5, 0.6) is 0 Å². The molecule has 53 heavy (non-hydrogen) atoms. The first kappa shape index (κ1) is 39.8. The van der Waals surface area contributed by atoms with E-state index in [1.807, 2.05) is 0 Å². The van der Waals surface area contributed by atoms with Gasteiger partial charge in [0.1, 0.15) is 5.60 Å². The highest BCUT2D eigenvalue weighted by Gasteiger charge is 2.37. The summed E-state index contributed by atoms with van der Waals surface area (Å²) in [6, 6.07) is 8.45. The van der Waals surface area contributed by atoms with Crippen LogP contribution in [0.25, 0.3) is 5.69 Å². The summed E-state index contributed by atoms with van der Waals surface area (Å²) in [6.07, 6.45) is -3.04. The maximum atomic E-state index is 14.0. The third-order valence-electron chi connectivity index (χ3n) is 9.12. The Bertz CT molecular complexity index is 2040. The molecule has 12 nitrogen and oxygen atoms in total. The highest BCUT2D eigenvalue weighted by molar-refractivity contribution is 9.10. The monoisotopic (exact) mass is 821 g/mol. The van der Waals surface area contributed by atoms with Crippen LogP contribution in [0.15, 0.2) is 56.9 Å². The molecule has 1 fully saturated rings. The number of aromatic nitrogens is 2. The van der Waals surface area contributed by atoms with Crippen molar-refractivity contribution in [1.82, 2.24) is 24.3 Å². The van der Waals surface area contributed by atoms with E-state index in [-0.39, 0.29) is 56.6 Å². The maximum Gasteiger partial charge on any atom is 0.417 e. The number of carbonyl (C=O) groups excluding carboxylic acids is 4. The van der Waals surface area contributed by atoms with E-state index in [1.165, 1.54) is 53.1 Å². The molecule has 4 amide bonds. The van der Waals surface area contributed by atoms with Crippen molar-refractivity contribution in [2.75, 3.05) is 26.4 Å². The van der Waals surface area contributed by atoms with Crippen molar-refractivity contribution < 1.29 is 41.3 Å². The van der Waals surface area contributed by atoms with Crippen molar-refractivity contribution in [2.24, 2.45) is 5.92 Å². The van der Waals surface area contributed by atoms with Gasteiger partial charge in [-0.15, -0.1) is 0 Å². The Labute approximate surface area is 314 Å². The minimum Gasteiger partial charge on any atom is -0.444 e. The average molecular weight is 823 g/mol. The van der Waals surface area contributed by atoms with Crippen molar-refractivity contribution in [1.29, 1.82) is 0 Å². The van der Waals surface area contributed by atoms with Gasteiger partial charge in [0.15, 0.2) is 0 Å². The van der Waals surface area contributed by atoms with E-state index in [0.29, 0.717) is 25.9 Å². The van der Waals surface area contributed by atoms with Crippen LogP contribution < -0.4 is 5.56 Å². The Morgan fingerprint density at radius 1 is 1.00 bits per heavy atom. The molecule has 17 heteroatoms. The highest BCUT2D eigenvalue weighted by Crippen LogP contribution is 2.36. The number of piperidine rings is 1. The predicted octanol–water partition coefficient (Wildman–Crippen LogP) is 5.58. The van der Waals surface area contributed by atoms with Gasteiger partial charge in [-0.1, -0.05) is 15.9 Å². The molecule has 3 heterocycles. The van der Waals surface area contributed by atoms with Crippen molar-refractivity contribution in [2.45, 2.75) is 76.5 Å². The Hall–Kier alpha value is -4.38. The molecule has 3 aromatic rings. The Morgan fingerprint density at radius 2 is 1.60 bits per heavy atom. The van der Waals surface area contributed by atoms with Crippen LogP contribution in [-0.2, 0) is 39.5 Å². The van der Waals surface area contributed by atoms with Gasteiger partial charge >= 0.3 is 12.3 Å². The van der Waals surface area contributed by atoms with Gasteiger partial charge in [0.2, 0.25) is 11.1 Å². The highest BCUT2D eigenvalue weighted by atomic mass is 79.9. The molecule has 1 aromatic heterocycles. The van der Waals surface area contributed by atoms with Gasteiger partial charge < -0.3 is 14.5 Å². The number of likely N-dealkylation sites (tertiary alicyclic amines) is 1. The summed E-state index contributed by atoms with van der Waals surface area (Å²) in [5.41, 5.74) is -1.51. The molecule has 2 aliphatic heterocycles. The van der Waals surface area contributed by atoms with Crippen LogP contribution in [0.4, 0.5) is 18.0 Å². The standard InChI is InChI=1S/C36H39BrF3N5O7S/c1-20-17-25-28(19-44(20)31(48)23-9-12-27(37)26(18-23)36(38,39)40)41-33(53(6)51)45(32(25)49)24-10-7-21(8-11-24)29(46)42(5)30(47)22-13-15-43(16-14-22)34(50)52-35(2,3)4/h7-12,18,20,22H,13-17,19H2,1-6H3/t20-,53?/m1/s1. The number of nitrogens with zero attached hydrogens (tertiary/aromatic N) is 5. The quantitative estimate of drug-likeness (QED) is 0.240. The molecule has 0 radical (unpaired) electrons. The normalized spacial score (nSPS) is 17.2. The Morgan fingerprint density at radius 3 is 2.17 bits per heavy atom. The lowest BCUT2D eigenvalue weighted by molar-refractivity contribution is -0.138. The number of alkyl halides is 3. The van der Waals surface area contributed by atoms with Crippen LogP contribution in [0.1, 0.15) is 78.1 Å². The van der Waals surface area contributed by atoms with Crippen molar-refractivity contribution in [3.8, 4) is 5.69 Å². The summed E-state index contributed by atoms with van der Waals surface area (Å²) in [5, 5.41) is -0.122. The molecule has 1 saturated heterocycles. The second-order valence-corrected chi connectivity index (χ2v) is 16.2. The molecule has 0 N–H and O–H groups in total. The van der Waals surface area contributed by atoms with Gasteiger partial charge in [-0.3, -0.25) is 32.9 Å². The topological polar surface area (TPSA) is 139 Å². The van der Waals surface area contributed by atoms with Crippen molar-refractivity contribution in [3.05, 3.63) is 85.2 Å².